The molecule has 1 heterocycles. The number of hydrogen-bond donors (Lipinski definition) is 0. The maximum Gasteiger partial charge on any atom is 0.0436 e. The first-order valence-electron chi connectivity index (χ1n) is 6.12. The average molecular weight is 225 g/mol. The largest absolute Gasteiger partial charge is 0.348 e. The van der Waals surface area contributed by atoms with Crippen LogP contribution in [0.4, 0.5) is 0 Å². The lowest BCUT2D eigenvalue weighted by atomic mass is 10.0. The summed E-state index contributed by atoms with van der Waals surface area (Å²) >= 11 is 0. The third-order valence-electron chi connectivity index (χ3n) is 3.13. The number of aryl methyl sites for hydroxylation is 2. The fraction of sp³-hybridized carbons (Fsp3) is 0.250. The van der Waals surface area contributed by atoms with Gasteiger partial charge in [-0.05, 0) is 55.7 Å². The Morgan fingerprint density at radius 3 is 2.65 bits per heavy atom. The summed E-state index contributed by atoms with van der Waals surface area (Å²) in [5.74, 6) is 0. The lowest BCUT2D eigenvalue weighted by molar-refractivity contribution is 0.758. The second-order valence-corrected chi connectivity index (χ2v) is 4.36. The van der Waals surface area contributed by atoms with Gasteiger partial charge in [0.2, 0.25) is 0 Å². The van der Waals surface area contributed by atoms with Gasteiger partial charge in [0.15, 0.2) is 0 Å². The van der Waals surface area contributed by atoms with Crippen molar-refractivity contribution in [2.75, 3.05) is 0 Å². The van der Waals surface area contributed by atoms with Crippen LogP contribution in [0.2, 0.25) is 0 Å². The molecule has 0 N–H and O–H groups in total. The van der Waals surface area contributed by atoms with Crippen LogP contribution in [0.15, 0.2) is 42.6 Å². The SMILES string of the molecule is CCn1cccc1/C(C)=C/c1ccccc1C. The Morgan fingerprint density at radius 1 is 1.18 bits per heavy atom. The first-order valence-corrected chi connectivity index (χ1v) is 6.12. The summed E-state index contributed by atoms with van der Waals surface area (Å²) in [5.41, 5.74) is 5.23. The number of hydrogen-bond acceptors (Lipinski definition) is 0. The molecule has 1 aromatic carbocycles. The van der Waals surface area contributed by atoms with Crippen LogP contribution in [0.1, 0.15) is 30.7 Å². The minimum atomic E-state index is 1.02. The van der Waals surface area contributed by atoms with Crippen molar-refractivity contribution in [2.45, 2.75) is 27.3 Å². The molecule has 1 heteroatoms. The van der Waals surface area contributed by atoms with E-state index in [9.17, 15) is 0 Å². The molecule has 0 bridgehead atoms. The summed E-state index contributed by atoms with van der Waals surface area (Å²) in [6.07, 6.45) is 4.39. The molecule has 0 aliphatic rings. The molecular formula is C16H19N. The van der Waals surface area contributed by atoms with Gasteiger partial charge in [-0.1, -0.05) is 24.3 Å². The highest BCUT2D eigenvalue weighted by Crippen LogP contribution is 2.20. The average Bonchev–Trinajstić information content (AvgIpc) is 2.80. The molecule has 0 fully saturated rings. The van der Waals surface area contributed by atoms with Crippen LogP contribution in [0.5, 0.6) is 0 Å². The van der Waals surface area contributed by atoms with E-state index in [-0.39, 0.29) is 0 Å². The fourth-order valence-electron chi connectivity index (χ4n) is 2.10. The van der Waals surface area contributed by atoms with Crippen LogP contribution in [0.3, 0.4) is 0 Å². The Balaban J connectivity index is 2.38. The second kappa shape index (κ2) is 5.05. The molecule has 0 spiro atoms. The van der Waals surface area contributed by atoms with E-state index in [0.717, 1.165) is 6.54 Å². The summed E-state index contributed by atoms with van der Waals surface area (Å²) in [4.78, 5) is 0. The van der Waals surface area contributed by atoms with Crippen molar-refractivity contribution < 1.29 is 0 Å². The normalized spacial score (nSPS) is 11.8. The van der Waals surface area contributed by atoms with Crippen molar-refractivity contribution in [1.29, 1.82) is 0 Å². The van der Waals surface area contributed by atoms with Gasteiger partial charge < -0.3 is 4.57 Å². The van der Waals surface area contributed by atoms with Gasteiger partial charge in [-0.3, -0.25) is 0 Å². The summed E-state index contributed by atoms with van der Waals surface area (Å²) in [7, 11) is 0. The first kappa shape index (κ1) is 11.7. The molecule has 88 valence electrons. The molecule has 1 nitrogen and oxygen atoms in total. The van der Waals surface area contributed by atoms with E-state index in [1.54, 1.807) is 0 Å². The lowest BCUT2D eigenvalue weighted by Crippen LogP contribution is -1.96. The van der Waals surface area contributed by atoms with Crippen LogP contribution in [-0.4, -0.2) is 4.57 Å². The van der Waals surface area contributed by atoms with Gasteiger partial charge in [0.25, 0.3) is 0 Å². The molecule has 0 aliphatic heterocycles. The molecule has 17 heavy (non-hydrogen) atoms. The Bertz CT molecular complexity index is 532. The second-order valence-electron chi connectivity index (χ2n) is 4.36. The lowest BCUT2D eigenvalue weighted by Gasteiger charge is -2.07. The monoisotopic (exact) mass is 225 g/mol. The van der Waals surface area contributed by atoms with Gasteiger partial charge in [-0.2, -0.15) is 0 Å². The molecule has 0 amide bonds. The Hall–Kier alpha value is -1.76. The minimum absolute atomic E-state index is 1.02. The van der Waals surface area contributed by atoms with E-state index in [4.69, 9.17) is 0 Å². The molecule has 0 atom stereocenters. The molecule has 0 unspecified atom stereocenters. The van der Waals surface area contributed by atoms with Crippen LogP contribution in [-0.2, 0) is 6.54 Å². The first-order chi connectivity index (χ1) is 8.22. The van der Waals surface area contributed by atoms with Crippen LogP contribution in [0, 0.1) is 6.92 Å². The molecule has 2 rings (SSSR count). The third-order valence-corrected chi connectivity index (χ3v) is 3.13. The predicted molar refractivity (Wildman–Crippen MR) is 74.8 cm³/mol. The zero-order valence-electron chi connectivity index (χ0n) is 10.8. The van der Waals surface area contributed by atoms with Crippen molar-refractivity contribution in [1.82, 2.24) is 4.57 Å². The van der Waals surface area contributed by atoms with Crippen molar-refractivity contribution in [3.63, 3.8) is 0 Å². The van der Waals surface area contributed by atoms with Crippen LogP contribution < -0.4 is 0 Å². The number of aromatic nitrogens is 1. The van der Waals surface area contributed by atoms with Gasteiger partial charge in [-0.15, -0.1) is 0 Å². The molecule has 0 aliphatic carbocycles. The van der Waals surface area contributed by atoms with E-state index in [0.29, 0.717) is 0 Å². The van der Waals surface area contributed by atoms with Crippen molar-refractivity contribution in [2.24, 2.45) is 0 Å². The number of nitrogens with zero attached hydrogens (tertiary/aromatic N) is 1. The zero-order valence-corrected chi connectivity index (χ0v) is 10.8. The topological polar surface area (TPSA) is 4.93 Å². The molecule has 0 saturated heterocycles. The molecule has 1 aromatic heterocycles. The molecular weight excluding hydrogens is 206 g/mol. The predicted octanol–water partition coefficient (Wildman–Crippen LogP) is 4.38. The summed E-state index contributed by atoms with van der Waals surface area (Å²) < 4.78 is 2.27. The van der Waals surface area contributed by atoms with E-state index >= 15 is 0 Å². The number of rotatable bonds is 3. The quantitative estimate of drug-likeness (QED) is 0.730. The Kier molecular flexibility index (Phi) is 3.48. The molecule has 0 radical (unpaired) electrons. The van der Waals surface area contributed by atoms with Crippen LogP contribution >= 0.6 is 0 Å². The minimum Gasteiger partial charge on any atom is -0.348 e. The van der Waals surface area contributed by atoms with Gasteiger partial charge >= 0.3 is 0 Å². The van der Waals surface area contributed by atoms with Crippen molar-refractivity contribution in [3.05, 3.63) is 59.4 Å². The van der Waals surface area contributed by atoms with E-state index in [2.05, 4.69) is 74.0 Å². The highest BCUT2D eigenvalue weighted by Gasteiger charge is 2.02. The van der Waals surface area contributed by atoms with E-state index in [1.165, 1.54) is 22.4 Å². The fourth-order valence-corrected chi connectivity index (χ4v) is 2.10. The van der Waals surface area contributed by atoms with Gasteiger partial charge in [0.1, 0.15) is 0 Å². The number of benzene rings is 1. The van der Waals surface area contributed by atoms with E-state index < -0.39 is 0 Å². The molecule has 0 saturated carbocycles. The van der Waals surface area contributed by atoms with Crippen LogP contribution in [0.25, 0.3) is 11.6 Å². The van der Waals surface area contributed by atoms with E-state index in [1.807, 2.05) is 0 Å². The number of allylic oxidation sites excluding steroid dienone is 1. The maximum absolute atomic E-state index is 2.27. The Labute approximate surface area is 103 Å². The summed E-state index contributed by atoms with van der Waals surface area (Å²) in [6, 6.07) is 12.8. The van der Waals surface area contributed by atoms with Gasteiger partial charge in [-0.25, -0.2) is 0 Å². The Morgan fingerprint density at radius 2 is 1.94 bits per heavy atom. The standard InChI is InChI=1S/C16H19N/c1-4-17-11-7-10-16(17)14(3)12-15-9-6-5-8-13(15)2/h5-12H,4H2,1-3H3/b14-12+. The van der Waals surface area contributed by atoms with Gasteiger partial charge in [0.05, 0.1) is 0 Å². The highest BCUT2D eigenvalue weighted by atomic mass is 15.0. The highest BCUT2D eigenvalue weighted by molar-refractivity contribution is 5.79. The third kappa shape index (κ3) is 2.50. The zero-order chi connectivity index (χ0) is 12.3. The molecule has 2 aromatic rings. The summed E-state index contributed by atoms with van der Waals surface area (Å²) in [5, 5.41) is 0. The smallest absolute Gasteiger partial charge is 0.0436 e. The maximum atomic E-state index is 2.27. The summed E-state index contributed by atoms with van der Waals surface area (Å²) in [6.45, 7) is 7.51. The van der Waals surface area contributed by atoms with Crippen molar-refractivity contribution >= 4 is 11.6 Å². The van der Waals surface area contributed by atoms with Gasteiger partial charge in [0, 0.05) is 18.4 Å². The van der Waals surface area contributed by atoms with Crippen molar-refractivity contribution in [3.8, 4) is 0 Å².